The molecule has 0 atom stereocenters. The van der Waals surface area contributed by atoms with Gasteiger partial charge in [0.2, 0.25) is 0 Å². The maximum Gasteiger partial charge on any atom is 0.259 e. The van der Waals surface area contributed by atoms with Gasteiger partial charge in [0.1, 0.15) is 5.75 Å². The number of rotatable bonds is 4. The van der Waals surface area contributed by atoms with E-state index in [4.69, 9.17) is 16.3 Å². The van der Waals surface area contributed by atoms with Crippen LogP contribution in [0.1, 0.15) is 17.3 Å². The summed E-state index contributed by atoms with van der Waals surface area (Å²) in [7, 11) is 0. The first-order valence-corrected chi connectivity index (χ1v) is 7.27. The standard InChI is InChI=1S/C15H13BrClNO2/c1-2-20-14-8-7-10(17)9-11(14)15(19)18-13-6-4-3-5-12(13)16/h3-9H,2H2,1H3,(H,18,19). The second-order valence-electron chi connectivity index (χ2n) is 4.01. The Morgan fingerprint density at radius 3 is 2.75 bits per heavy atom. The zero-order chi connectivity index (χ0) is 14.5. The highest BCUT2D eigenvalue weighted by atomic mass is 79.9. The van der Waals surface area contributed by atoms with E-state index in [1.165, 1.54) is 0 Å². The summed E-state index contributed by atoms with van der Waals surface area (Å²) in [4.78, 5) is 12.3. The molecule has 20 heavy (non-hydrogen) atoms. The molecule has 0 radical (unpaired) electrons. The Morgan fingerprint density at radius 1 is 1.30 bits per heavy atom. The Kier molecular flexibility index (Phi) is 5.04. The minimum absolute atomic E-state index is 0.261. The van der Waals surface area contributed by atoms with Crippen LogP contribution in [0.15, 0.2) is 46.9 Å². The highest BCUT2D eigenvalue weighted by Crippen LogP contribution is 2.26. The fraction of sp³-hybridized carbons (Fsp3) is 0.133. The lowest BCUT2D eigenvalue weighted by molar-refractivity contribution is 0.102. The van der Waals surface area contributed by atoms with Crippen molar-refractivity contribution in [2.24, 2.45) is 0 Å². The minimum atomic E-state index is -0.261. The molecule has 3 nitrogen and oxygen atoms in total. The molecule has 0 spiro atoms. The van der Waals surface area contributed by atoms with Crippen molar-refractivity contribution in [3.8, 4) is 5.75 Å². The van der Waals surface area contributed by atoms with E-state index in [-0.39, 0.29) is 5.91 Å². The predicted molar refractivity (Wildman–Crippen MR) is 84.7 cm³/mol. The number of carbonyl (C=O) groups excluding carboxylic acids is 1. The van der Waals surface area contributed by atoms with E-state index < -0.39 is 0 Å². The number of nitrogens with one attached hydrogen (secondary N) is 1. The molecule has 2 rings (SSSR count). The van der Waals surface area contributed by atoms with Crippen LogP contribution in [0.25, 0.3) is 0 Å². The van der Waals surface area contributed by atoms with Crippen molar-refractivity contribution >= 4 is 39.1 Å². The van der Waals surface area contributed by atoms with Crippen molar-refractivity contribution in [3.05, 3.63) is 57.5 Å². The van der Waals surface area contributed by atoms with Crippen molar-refractivity contribution in [1.29, 1.82) is 0 Å². The molecule has 0 saturated heterocycles. The number of para-hydroxylation sites is 1. The molecule has 0 heterocycles. The molecule has 104 valence electrons. The van der Waals surface area contributed by atoms with Crippen LogP contribution in [-0.4, -0.2) is 12.5 Å². The second kappa shape index (κ2) is 6.77. The van der Waals surface area contributed by atoms with Crippen molar-refractivity contribution < 1.29 is 9.53 Å². The molecule has 1 N–H and O–H groups in total. The number of amides is 1. The topological polar surface area (TPSA) is 38.3 Å². The van der Waals surface area contributed by atoms with Crippen molar-refractivity contribution in [2.75, 3.05) is 11.9 Å². The Morgan fingerprint density at radius 2 is 2.05 bits per heavy atom. The fourth-order valence-corrected chi connectivity index (χ4v) is 2.27. The third-order valence-corrected chi connectivity index (χ3v) is 3.53. The molecule has 0 aliphatic rings. The number of anilines is 1. The molecule has 0 unspecified atom stereocenters. The van der Waals surface area contributed by atoms with Crippen LogP contribution in [0.5, 0.6) is 5.75 Å². The van der Waals surface area contributed by atoms with E-state index in [0.29, 0.717) is 28.6 Å². The Hall–Kier alpha value is -1.52. The van der Waals surface area contributed by atoms with Gasteiger partial charge < -0.3 is 10.1 Å². The molecule has 1 amide bonds. The number of hydrogen-bond donors (Lipinski definition) is 1. The smallest absolute Gasteiger partial charge is 0.259 e. The van der Waals surface area contributed by atoms with Gasteiger partial charge in [-0.1, -0.05) is 23.7 Å². The molecular weight excluding hydrogens is 342 g/mol. The number of hydrogen-bond acceptors (Lipinski definition) is 2. The van der Waals surface area contributed by atoms with Crippen LogP contribution in [0.2, 0.25) is 5.02 Å². The second-order valence-corrected chi connectivity index (χ2v) is 5.30. The third kappa shape index (κ3) is 3.52. The summed E-state index contributed by atoms with van der Waals surface area (Å²) in [5.74, 6) is 0.254. The summed E-state index contributed by atoms with van der Waals surface area (Å²) < 4.78 is 6.26. The third-order valence-electron chi connectivity index (χ3n) is 2.61. The largest absolute Gasteiger partial charge is 0.493 e. The SMILES string of the molecule is CCOc1ccc(Cl)cc1C(=O)Nc1ccccc1Br. The summed E-state index contributed by atoms with van der Waals surface area (Å²) >= 11 is 9.34. The lowest BCUT2D eigenvalue weighted by Crippen LogP contribution is -2.14. The van der Waals surface area contributed by atoms with Gasteiger partial charge in [0.25, 0.3) is 5.91 Å². The molecule has 0 aliphatic carbocycles. The van der Waals surface area contributed by atoms with E-state index >= 15 is 0 Å². The van der Waals surface area contributed by atoms with Crippen LogP contribution in [-0.2, 0) is 0 Å². The van der Waals surface area contributed by atoms with E-state index in [2.05, 4.69) is 21.2 Å². The van der Waals surface area contributed by atoms with Gasteiger partial charge in [-0.15, -0.1) is 0 Å². The fourth-order valence-electron chi connectivity index (χ4n) is 1.71. The Bertz CT molecular complexity index is 631. The van der Waals surface area contributed by atoms with Gasteiger partial charge in [-0.05, 0) is 53.2 Å². The summed E-state index contributed by atoms with van der Waals surface area (Å²) in [5.41, 5.74) is 1.11. The van der Waals surface area contributed by atoms with E-state index in [1.54, 1.807) is 18.2 Å². The van der Waals surface area contributed by atoms with Gasteiger partial charge in [-0.2, -0.15) is 0 Å². The summed E-state index contributed by atoms with van der Waals surface area (Å²) in [5, 5.41) is 3.32. The maximum atomic E-state index is 12.3. The molecule has 0 aromatic heterocycles. The Labute approximate surface area is 131 Å². The van der Waals surface area contributed by atoms with Gasteiger partial charge in [0.05, 0.1) is 17.9 Å². The van der Waals surface area contributed by atoms with Crippen LogP contribution < -0.4 is 10.1 Å². The molecule has 0 aliphatic heterocycles. The number of carbonyl (C=O) groups is 1. The lowest BCUT2D eigenvalue weighted by Gasteiger charge is -2.11. The first kappa shape index (κ1) is 14.9. The quantitative estimate of drug-likeness (QED) is 0.860. The zero-order valence-corrected chi connectivity index (χ0v) is 13.2. The van der Waals surface area contributed by atoms with Gasteiger partial charge >= 0.3 is 0 Å². The predicted octanol–water partition coefficient (Wildman–Crippen LogP) is 4.75. The highest BCUT2D eigenvalue weighted by molar-refractivity contribution is 9.10. The van der Waals surface area contributed by atoms with E-state index in [1.807, 2.05) is 31.2 Å². The van der Waals surface area contributed by atoms with Crippen LogP contribution in [0.3, 0.4) is 0 Å². The van der Waals surface area contributed by atoms with Gasteiger partial charge in [0, 0.05) is 9.50 Å². The molecule has 2 aromatic carbocycles. The summed E-state index contributed by atoms with van der Waals surface area (Å²) in [6.45, 7) is 2.35. The van der Waals surface area contributed by atoms with Gasteiger partial charge in [-0.25, -0.2) is 0 Å². The average molecular weight is 355 g/mol. The molecular formula is C15H13BrClNO2. The Balaban J connectivity index is 2.29. The minimum Gasteiger partial charge on any atom is -0.493 e. The van der Waals surface area contributed by atoms with Crippen LogP contribution in [0, 0.1) is 0 Å². The molecule has 2 aromatic rings. The maximum absolute atomic E-state index is 12.3. The van der Waals surface area contributed by atoms with Crippen LogP contribution >= 0.6 is 27.5 Å². The number of benzene rings is 2. The number of ether oxygens (including phenoxy) is 1. The van der Waals surface area contributed by atoms with E-state index in [9.17, 15) is 4.79 Å². The molecule has 0 saturated carbocycles. The first-order valence-electron chi connectivity index (χ1n) is 6.10. The monoisotopic (exact) mass is 353 g/mol. The van der Waals surface area contributed by atoms with E-state index in [0.717, 1.165) is 4.47 Å². The summed E-state index contributed by atoms with van der Waals surface area (Å²) in [6, 6.07) is 12.4. The molecule has 5 heteroatoms. The lowest BCUT2D eigenvalue weighted by atomic mass is 10.2. The summed E-state index contributed by atoms with van der Waals surface area (Å²) in [6.07, 6.45) is 0. The van der Waals surface area contributed by atoms with Gasteiger partial charge in [-0.3, -0.25) is 4.79 Å². The van der Waals surface area contributed by atoms with Crippen molar-refractivity contribution in [3.63, 3.8) is 0 Å². The normalized spacial score (nSPS) is 10.2. The van der Waals surface area contributed by atoms with Crippen LogP contribution in [0.4, 0.5) is 5.69 Å². The average Bonchev–Trinajstić information content (AvgIpc) is 2.43. The molecule has 0 bridgehead atoms. The highest BCUT2D eigenvalue weighted by Gasteiger charge is 2.14. The van der Waals surface area contributed by atoms with Crippen molar-refractivity contribution in [1.82, 2.24) is 0 Å². The van der Waals surface area contributed by atoms with Gasteiger partial charge in [0.15, 0.2) is 0 Å². The van der Waals surface area contributed by atoms with Crippen molar-refractivity contribution in [2.45, 2.75) is 6.92 Å². The molecule has 0 fully saturated rings. The zero-order valence-electron chi connectivity index (χ0n) is 10.8. The first-order chi connectivity index (χ1) is 9.61. The number of halogens is 2.